The third kappa shape index (κ3) is 2.63. The lowest BCUT2D eigenvalue weighted by molar-refractivity contribution is 0.103. The van der Waals surface area contributed by atoms with Crippen LogP contribution in [0.3, 0.4) is 0 Å². The Balaban J connectivity index is 2.47. The summed E-state index contributed by atoms with van der Waals surface area (Å²) < 4.78 is 5.80. The van der Waals surface area contributed by atoms with E-state index < -0.39 is 0 Å². The van der Waals surface area contributed by atoms with Crippen molar-refractivity contribution in [3.8, 4) is 5.75 Å². The zero-order valence-corrected chi connectivity index (χ0v) is 12.3. The molecule has 0 saturated heterocycles. The largest absolute Gasteiger partial charge is 0.497 e. The van der Waals surface area contributed by atoms with Crippen LogP contribution < -0.4 is 10.5 Å². The average molecular weight is 320 g/mol. The van der Waals surface area contributed by atoms with Crippen LogP contribution in [0, 0.1) is 6.92 Å². The van der Waals surface area contributed by atoms with E-state index in [-0.39, 0.29) is 5.78 Å². The van der Waals surface area contributed by atoms with Gasteiger partial charge >= 0.3 is 0 Å². The van der Waals surface area contributed by atoms with Gasteiger partial charge in [-0.05, 0) is 52.7 Å². The van der Waals surface area contributed by atoms with Gasteiger partial charge in [-0.25, -0.2) is 0 Å². The lowest BCUT2D eigenvalue weighted by Crippen LogP contribution is -2.07. The van der Waals surface area contributed by atoms with Crippen LogP contribution >= 0.6 is 15.9 Å². The first kappa shape index (κ1) is 13.6. The van der Waals surface area contributed by atoms with Gasteiger partial charge in [0, 0.05) is 21.3 Å². The summed E-state index contributed by atoms with van der Waals surface area (Å²) in [6.07, 6.45) is 0. The van der Waals surface area contributed by atoms with Gasteiger partial charge in [-0.1, -0.05) is 12.1 Å². The van der Waals surface area contributed by atoms with E-state index in [9.17, 15) is 4.79 Å². The molecule has 0 aliphatic heterocycles. The lowest BCUT2D eigenvalue weighted by atomic mass is 9.99. The van der Waals surface area contributed by atoms with Crippen molar-refractivity contribution in [1.29, 1.82) is 0 Å². The third-order valence-corrected chi connectivity index (χ3v) is 3.65. The molecule has 4 heteroatoms. The van der Waals surface area contributed by atoms with Crippen LogP contribution in [-0.4, -0.2) is 12.9 Å². The summed E-state index contributed by atoms with van der Waals surface area (Å²) in [7, 11) is 1.59. The molecule has 0 aromatic heterocycles. The van der Waals surface area contributed by atoms with Crippen molar-refractivity contribution in [3.63, 3.8) is 0 Å². The van der Waals surface area contributed by atoms with E-state index in [0.717, 1.165) is 5.56 Å². The Bertz CT molecular complexity index is 638. The molecule has 0 aliphatic carbocycles. The summed E-state index contributed by atoms with van der Waals surface area (Å²) in [4.78, 5) is 12.5. The molecule has 0 atom stereocenters. The first-order chi connectivity index (χ1) is 9.04. The van der Waals surface area contributed by atoms with Gasteiger partial charge < -0.3 is 10.5 Å². The van der Waals surface area contributed by atoms with E-state index in [1.54, 1.807) is 31.4 Å². The number of halogens is 1. The van der Waals surface area contributed by atoms with Crippen LogP contribution in [0.2, 0.25) is 0 Å². The monoisotopic (exact) mass is 319 g/mol. The van der Waals surface area contributed by atoms with Crippen molar-refractivity contribution >= 4 is 27.4 Å². The minimum absolute atomic E-state index is 0.101. The normalized spacial score (nSPS) is 10.3. The molecule has 0 unspecified atom stereocenters. The molecular formula is C15H14BrNO2. The first-order valence-corrected chi connectivity index (χ1v) is 6.57. The summed E-state index contributed by atoms with van der Waals surface area (Å²) in [6, 6.07) is 10.7. The molecule has 98 valence electrons. The Morgan fingerprint density at radius 2 is 1.95 bits per heavy atom. The molecule has 0 radical (unpaired) electrons. The number of nitrogens with two attached hydrogens (primary N) is 1. The smallest absolute Gasteiger partial charge is 0.196 e. The molecular weight excluding hydrogens is 306 g/mol. The minimum atomic E-state index is -0.101. The highest BCUT2D eigenvalue weighted by Crippen LogP contribution is 2.27. The molecule has 0 bridgehead atoms. The molecule has 0 fully saturated rings. The molecule has 2 aromatic carbocycles. The predicted molar refractivity (Wildman–Crippen MR) is 79.7 cm³/mol. The quantitative estimate of drug-likeness (QED) is 0.695. The number of ketones is 1. The van der Waals surface area contributed by atoms with Crippen LogP contribution in [0.1, 0.15) is 21.5 Å². The summed E-state index contributed by atoms with van der Waals surface area (Å²) in [6.45, 7) is 1.88. The van der Waals surface area contributed by atoms with E-state index in [4.69, 9.17) is 10.5 Å². The van der Waals surface area contributed by atoms with Crippen molar-refractivity contribution in [2.45, 2.75) is 6.92 Å². The zero-order valence-electron chi connectivity index (χ0n) is 10.7. The Morgan fingerprint density at radius 3 is 2.58 bits per heavy atom. The van der Waals surface area contributed by atoms with Crippen LogP contribution in [0.5, 0.6) is 5.75 Å². The molecule has 19 heavy (non-hydrogen) atoms. The molecule has 0 saturated carbocycles. The second-order valence-electron chi connectivity index (χ2n) is 4.21. The predicted octanol–water partition coefficient (Wildman–Crippen LogP) is 3.58. The maximum atomic E-state index is 12.5. The van der Waals surface area contributed by atoms with Crippen LogP contribution in [-0.2, 0) is 0 Å². The number of hydrogen-bond donors (Lipinski definition) is 1. The van der Waals surface area contributed by atoms with Crippen molar-refractivity contribution in [3.05, 3.63) is 57.6 Å². The molecule has 0 heterocycles. The Labute approximate surface area is 120 Å². The van der Waals surface area contributed by atoms with Gasteiger partial charge in [0.05, 0.1) is 7.11 Å². The Hall–Kier alpha value is -1.81. The van der Waals surface area contributed by atoms with Crippen LogP contribution in [0.4, 0.5) is 5.69 Å². The Kier molecular flexibility index (Phi) is 3.90. The molecule has 2 rings (SSSR count). The van der Waals surface area contributed by atoms with Crippen molar-refractivity contribution < 1.29 is 9.53 Å². The lowest BCUT2D eigenvalue weighted by Gasteiger charge is -2.09. The molecule has 3 nitrogen and oxygen atoms in total. The number of rotatable bonds is 3. The molecule has 2 N–H and O–H groups in total. The van der Waals surface area contributed by atoms with Gasteiger partial charge in [-0.15, -0.1) is 0 Å². The van der Waals surface area contributed by atoms with Gasteiger partial charge in [0.2, 0.25) is 0 Å². The number of nitrogen functional groups attached to an aromatic ring is 1. The Morgan fingerprint density at radius 1 is 1.21 bits per heavy atom. The standard InChI is InChI=1S/C15H14BrNO2/c1-9-4-3-5-12(14(9)17)15(18)11-7-6-10(19-2)8-13(11)16/h3-8H,17H2,1-2H3. The fourth-order valence-corrected chi connectivity index (χ4v) is 2.37. The first-order valence-electron chi connectivity index (χ1n) is 5.78. The number of para-hydroxylation sites is 1. The summed E-state index contributed by atoms with van der Waals surface area (Å²) >= 11 is 3.39. The summed E-state index contributed by atoms with van der Waals surface area (Å²) in [5.74, 6) is 0.594. The van der Waals surface area contributed by atoms with Crippen LogP contribution in [0.15, 0.2) is 40.9 Å². The summed E-state index contributed by atoms with van der Waals surface area (Å²) in [5.41, 5.74) is 8.48. The number of anilines is 1. The van der Waals surface area contributed by atoms with Gasteiger partial charge in [0.25, 0.3) is 0 Å². The van der Waals surface area contributed by atoms with E-state index in [1.807, 2.05) is 19.1 Å². The van der Waals surface area contributed by atoms with E-state index in [0.29, 0.717) is 27.0 Å². The number of benzene rings is 2. The van der Waals surface area contributed by atoms with Gasteiger partial charge in [0.15, 0.2) is 5.78 Å². The van der Waals surface area contributed by atoms with Crippen molar-refractivity contribution in [2.75, 3.05) is 12.8 Å². The van der Waals surface area contributed by atoms with E-state index in [1.165, 1.54) is 0 Å². The number of carbonyl (C=O) groups is 1. The highest BCUT2D eigenvalue weighted by molar-refractivity contribution is 9.10. The highest BCUT2D eigenvalue weighted by atomic mass is 79.9. The number of ether oxygens (including phenoxy) is 1. The van der Waals surface area contributed by atoms with E-state index in [2.05, 4.69) is 15.9 Å². The number of aryl methyl sites for hydroxylation is 1. The minimum Gasteiger partial charge on any atom is -0.497 e. The van der Waals surface area contributed by atoms with Gasteiger partial charge in [0.1, 0.15) is 5.75 Å². The molecule has 2 aromatic rings. The number of methoxy groups -OCH3 is 1. The third-order valence-electron chi connectivity index (χ3n) is 2.99. The molecule has 0 aliphatic rings. The number of hydrogen-bond acceptors (Lipinski definition) is 3. The fraction of sp³-hybridized carbons (Fsp3) is 0.133. The maximum Gasteiger partial charge on any atom is 0.196 e. The SMILES string of the molecule is COc1ccc(C(=O)c2cccc(C)c2N)c(Br)c1. The maximum absolute atomic E-state index is 12.5. The summed E-state index contributed by atoms with van der Waals surface area (Å²) in [5, 5.41) is 0. The van der Waals surface area contributed by atoms with Crippen molar-refractivity contribution in [2.24, 2.45) is 0 Å². The second-order valence-corrected chi connectivity index (χ2v) is 5.07. The molecule has 0 amide bonds. The van der Waals surface area contributed by atoms with Gasteiger partial charge in [-0.2, -0.15) is 0 Å². The zero-order chi connectivity index (χ0) is 14.0. The second kappa shape index (κ2) is 5.45. The van der Waals surface area contributed by atoms with Crippen molar-refractivity contribution in [1.82, 2.24) is 0 Å². The highest BCUT2D eigenvalue weighted by Gasteiger charge is 2.16. The fourth-order valence-electron chi connectivity index (χ4n) is 1.83. The van der Waals surface area contributed by atoms with Gasteiger partial charge in [-0.3, -0.25) is 4.79 Å². The topological polar surface area (TPSA) is 52.3 Å². The average Bonchev–Trinajstić information content (AvgIpc) is 2.41. The number of carbonyl (C=O) groups excluding carboxylic acids is 1. The molecule has 0 spiro atoms. The van der Waals surface area contributed by atoms with Crippen LogP contribution in [0.25, 0.3) is 0 Å². The van der Waals surface area contributed by atoms with E-state index >= 15 is 0 Å².